The summed E-state index contributed by atoms with van der Waals surface area (Å²) in [5.74, 6) is -0.395. The van der Waals surface area contributed by atoms with E-state index in [4.69, 9.17) is 9.84 Å². The third-order valence-corrected chi connectivity index (χ3v) is 2.77. The Morgan fingerprint density at radius 3 is 2.38 bits per heavy atom. The average molecular weight is 296 g/mol. The van der Waals surface area contributed by atoms with Crippen LogP contribution in [0.4, 0.5) is 4.79 Å². The molecule has 0 fully saturated rings. The number of carbonyl (C=O) groups is 2. The number of amides is 2. The topological polar surface area (TPSA) is 108 Å². The lowest BCUT2D eigenvalue weighted by Crippen LogP contribution is -2.45. The molecule has 0 aliphatic carbocycles. The number of carbonyl (C=O) groups excluding carboxylic acids is 1. The predicted octanol–water partition coefficient (Wildman–Crippen LogP) is 0.720. The summed E-state index contributed by atoms with van der Waals surface area (Å²) < 4.78 is 5.03. The predicted molar refractivity (Wildman–Crippen MR) is 76.1 cm³/mol. The van der Waals surface area contributed by atoms with Gasteiger partial charge in [0.25, 0.3) is 0 Å². The molecule has 0 radical (unpaired) electrons. The molecule has 1 rings (SSSR count). The second-order valence-electron chi connectivity index (χ2n) is 4.95. The summed E-state index contributed by atoms with van der Waals surface area (Å²) in [4.78, 5) is 22.1. The van der Waals surface area contributed by atoms with E-state index in [2.05, 4.69) is 10.6 Å². The molecule has 0 bridgehead atoms. The lowest BCUT2D eigenvalue weighted by molar-refractivity contribution is -0.141. The summed E-state index contributed by atoms with van der Waals surface area (Å²) in [5, 5.41) is 23.4. The monoisotopic (exact) mass is 296 g/mol. The number of carboxylic acid groups (broad SMARTS) is 1. The molecule has 1 atom stereocenters. The van der Waals surface area contributed by atoms with Gasteiger partial charge in [-0.05, 0) is 24.6 Å². The summed E-state index contributed by atoms with van der Waals surface area (Å²) in [6.45, 7) is 1.52. The van der Waals surface area contributed by atoms with Crippen LogP contribution in [0.15, 0.2) is 24.3 Å². The molecule has 7 heteroatoms. The van der Waals surface area contributed by atoms with Gasteiger partial charge in [-0.3, -0.25) is 4.79 Å². The summed E-state index contributed by atoms with van der Waals surface area (Å²) >= 11 is 0. The van der Waals surface area contributed by atoms with Gasteiger partial charge in [-0.15, -0.1) is 0 Å². The van der Waals surface area contributed by atoms with E-state index in [1.807, 2.05) is 12.1 Å². The Morgan fingerprint density at radius 1 is 1.24 bits per heavy atom. The van der Waals surface area contributed by atoms with Gasteiger partial charge in [0, 0.05) is 13.1 Å². The van der Waals surface area contributed by atoms with Crippen LogP contribution in [0.5, 0.6) is 5.75 Å². The Kier molecular flexibility index (Phi) is 5.98. The van der Waals surface area contributed by atoms with Crippen molar-refractivity contribution in [1.29, 1.82) is 0 Å². The van der Waals surface area contributed by atoms with E-state index in [0.717, 1.165) is 11.3 Å². The molecule has 116 valence electrons. The molecule has 1 aromatic rings. The van der Waals surface area contributed by atoms with E-state index >= 15 is 0 Å². The molecule has 0 aromatic heterocycles. The maximum absolute atomic E-state index is 11.6. The van der Waals surface area contributed by atoms with Gasteiger partial charge >= 0.3 is 12.0 Å². The van der Waals surface area contributed by atoms with Gasteiger partial charge in [0.2, 0.25) is 0 Å². The standard InChI is InChI=1S/C14H20N2O5/c1-14(20,7-12(17)18)9-16-13(19)15-8-10-3-5-11(21-2)6-4-10/h3-6,20H,7-9H2,1-2H3,(H,17,18)(H2,15,16,19). The maximum atomic E-state index is 11.6. The zero-order chi connectivity index (χ0) is 15.9. The molecule has 4 N–H and O–H groups in total. The smallest absolute Gasteiger partial charge is 0.315 e. The number of aliphatic hydroxyl groups is 1. The van der Waals surface area contributed by atoms with Crippen LogP contribution in [-0.2, 0) is 11.3 Å². The van der Waals surface area contributed by atoms with Crippen molar-refractivity contribution in [2.75, 3.05) is 13.7 Å². The number of rotatable bonds is 7. The first-order valence-corrected chi connectivity index (χ1v) is 6.41. The summed E-state index contributed by atoms with van der Waals surface area (Å²) in [5.41, 5.74) is -0.591. The van der Waals surface area contributed by atoms with E-state index in [-0.39, 0.29) is 6.54 Å². The maximum Gasteiger partial charge on any atom is 0.315 e. The third kappa shape index (κ3) is 6.62. The van der Waals surface area contributed by atoms with Gasteiger partial charge in [-0.1, -0.05) is 12.1 Å². The molecule has 0 saturated carbocycles. The van der Waals surface area contributed by atoms with Crippen molar-refractivity contribution in [3.63, 3.8) is 0 Å². The number of carboxylic acids is 1. The molecule has 7 nitrogen and oxygen atoms in total. The molecule has 0 aliphatic rings. The molecule has 0 saturated heterocycles. The van der Waals surface area contributed by atoms with E-state index < -0.39 is 24.0 Å². The lowest BCUT2D eigenvalue weighted by atomic mass is 10.0. The SMILES string of the molecule is COc1ccc(CNC(=O)NCC(C)(O)CC(=O)O)cc1. The van der Waals surface area contributed by atoms with Crippen molar-refractivity contribution in [3.05, 3.63) is 29.8 Å². The fraction of sp³-hybridized carbons (Fsp3) is 0.429. The highest BCUT2D eigenvalue weighted by molar-refractivity contribution is 5.74. The average Bonchev–Trinajstić information content (AvgIpc) is 2.42. The first-order valence-electron chi connectivity index (χ1n) is 6.41. The number of hydrogen-bond donors (Lipinski definition) is 4. The molecule has 0 heterocycles. The van der Waals surface area contributed by atoms with Gasteiger partial charge in [-0.2, -0.15) is 0 Å². The Hall–Kier alpha value is -2.28. The van der Waals surface area contributed by atoms with Gasteiger partial charge in [0.1, 0.15) is 5.75 Å². The summed E-state index contributed by atoms with van der Waals surface area (Å²) in [6, 6.07) is 6.73. The first kappa shape index (κ1) is 16.8. The van der Waals surface area contributed by atoms with E-state index in [1.165, 1.54) is 6.92 Å². The fourth-order valence-corrected chi connectivity index (χ4v) is 1.65. The number of nitrogens with one attached hydrogen (secondary N) is 2. The second-order valence-corrected chi connectivity index (χ2v) is 4.95. The quantitative estimate of drug-likeness (QED) is 0.593. The molecule has 21 heavy (non-hydrogen) atoms. The number of benzene rings is 1. The molecular weight excluding hydrogens is 276 g/mol. The second kappa shape index (κ2) is 7.49. The van der Waals surface area contributed by atoms with Crippen LogP contribution < -0.4 is 15.4 Å². The first-order chi connectivity index (χ1) is 9.82. The molecule has 0 aliphatic heterocycles. The number of methoxy groups -OCH3 is 1. The van der Waals surface area contributed by atoms with Crippen molar-refractivity contribution < 1.29 is 24.5 Å². The minimum Gasteiger partial charge on any atom is -0.497 e. The summed E-state index contributed by atoms with van der Waals surface area (Å²) in [6.07, 6.45) is -0.439. The lowest BCUT2D eigenvalue weighted by Gasteiger charge is -2.21. The highest BCUT2D eigenvalue weighted by Gasteiger charge is 2.24. The van der Waals surface area contributed by atoms with Crippen LogP contribution in [0, 0.1) is 0 Å². The molecule has 1 aromatic carbocycles. The zero-order valence-corrected chi connectivity index (χ0v) is 12.0. The molecule has 1 unspecified atom stereocenters. The van der Waals surface area contributed by atoms with Gasteiger partial charge in [-0.25, -0.2) is 4.79 Å². The number of hydrogen-bond acceptors (Lipinski definition) is 4. The van der Waals surface area contributed by atoms with Crippen LogP contribution in [0.25, 0.3) is 0 Å². The van der Waals surface area contributed by atoms with E-state index in [1.54, 1.807) is 19.2 Å². The number of urea groups is 1. The normalized spacial score (nSPS) is 13.1. The van der Waals surface area contributed by atoms with Crippen molar-refractivity contribution in [3.8, 4) is 5.75 Å². The molecular formula is C14H20N2O5. The van der Waals surface area contributed by atoms with Crippen molar-refractivity contribution in [1.82, 2.24) is 10.6 Å². The van der Waals surface area contributed by atoms with Crippen molar-refractivity contribution >= 4 is 12.0 Å². The Morgan fingerprint density at radius 2 is 1.86 bits per heavy atom. The molecule has 0 spiro atoms. The Labute approximate surface area is 122 Å². The minimum atomic E-state index is -1.48. The highest BCUT2D eigenvalue weighted by atomic mass is 16.5. The largest absolute Gasteiger partial charge is 0.497 e. The summed E-state index contributed by atoms with van der Waals surface area (Å²) in [7, 11) is 1.57. The van der Waals surface area contributed by atoms with Crippen LogP contribution in [0.2, 0.25) is 0 Å². The van der Waals surface area contributed by atoms with Gasteiger partial charge < -0.3 is 25.6 Å². The zero-order valence-electron chi connectivity index (χ0n) is 12.0. The van der Waals surface area contributed by atoms with Crippen LogP contribution >= 0.6 is 0 Å². The van der Waals surface area contributed by atoms with Crippen molar-refractivity contribution in [2.24, 2.45) is 0 Å². The Bertz CT molecular complexity index is 485. The molecule has 2 amide bonds. The van der Waals surface area contributed by atoms with Gasteiger partial charge in [0.15, 0.2) is 0 Å². The van der Waals surface area contributed by atoms with Crippen LogP contribution in [-0.4, -0.2) is 41.5 Å². The fourth-order valence-electron chi connectivity index (χ4n) is 1.65. The number of ether oxygens (including phenoxy) is 1. The van der Waals surface area contributed by atoms with Crippen LogP contribution in [0.1, 0.15) is 18.9 Å². The van der Waals surface area contributed by atoms with Crippen LogP contribution in [0.3, 0.4) is 0 Å². The minimum absolute atomic E-state index is 0.145. The van der Waals surface area contributed by atoms with E-state index in [9.17, 15) is 14.7 Å². The third-order valence-electron chi connectivity index (χ3n) is 2.77. The number of aliphatic carboxylic acids is 1. The van der Waals surface area contributed by atoms with E-state index in [0.29, 0.717) is 6.54 Å². The highest BCUT2D eigenvalue weighted by Crippen LogP contribution is 2.11. The van der Waals surface area contributed by atoms with Gasteiger partial charge in [0.05, 0.1) is 19.1 Å². The van der Waals surface area contributed by atoms with Crippen molar-refractivity contribution in [2.45, 2.75) is 25.5 Å². The Balaban J connectivity index is 2.35.